The smallest absolute Gasteiger partial charge is 0.223 e. The molecule has 20 heavy (non-hydrogen) atoms. The van der Waals surface area contributed by atoms with Crippen molar-refractivity contribution in [3.8, 4) is 0 Å². The van der Waals surface area contributed by atoms with Gasteiger partial charge in [0.15, 0.2) is 0 Å². The topological polar surface area (TPSA) is 58.4 Å². The summed E-state index contributed by atoms with van der Waals surface area (Å²) in [5, 5.41) is 3.18. The van der Waals surface area contributed by atoms with Gasteiger partial charge in [-0.2, -0.15) is 0 Å². The molecule has 3 rings (SSSR count). The Hall–Kier alpha value is -1.39. The second kappa shape index (κ2) is 5.54. The predicted molar refractivity (Wildman–Crippen MR) is 79.2 cm³/mol. The van der Waals surface area contributed by atoms with Gasteiger partial charge in [-0.1, -0.05) is 24.3 Å². The van der Waals surface area contributed by atoms with E-state index in [-0.39, 0.29) is 23.9 Å². The van der Waals surface area contributed by atoms with Crippen LogP contribution in [-0.2, 0) is 11.2 Å². The van der Waals surface area contributed by atoms with Crippen molar-refractivity contribution in [2.75, 3.05) is 20.1 Å². The number of likely N-dealkylation sites (tertiary alicyclic amines) is 1. The minimum atomic E-state index is -0.0681. The van der Waals surface area contributed by atoms with Crippen LogP contribution in [0.4, 0.5) is 0 Å². The van der Waals surface area contributed by atoms with E-state index in [4.69, 9.17) is 5.73 Å². The van der Waals surface area contributed by atoms with Gasteiger partial charge in [0, 0.05) is 5.92 Å². The third-order valence-electron chi connectivity index (χ3n) is 4.70. The summed E-state index contributed by atoms with van der Waals surface area (Å²) in [6.45, 7) is 2.02. The van der Waals surface area contributed by atoms with Crippen LogP contribution in [-0.4, -0.2) is 37.0 Å². The van der Waals surface area contributed by atoms with E-state index in [9.17, 15) is 4.79 Å². The molecule has 0 aromatic heterocycles. The van der Waals surface area contributed by atoms with Crippen LogP contribution in [0, 0.1) is 5.92 Å². The average molecular weight is 273 g/mol. The maximum Gasteiger partial charge on any atom is 0.223 e. The Balaban J connectivity index is 1.61. The summed E-state index contributed by atoms with van der Waals surface area (Å²) in [6.07, 6.45) is 2.77. The minimum absolute atomic E-state index is 0.0551. The SMILES string of the molecule is CN1CCC(C(=O)N[C@H]2Cc3ccccc3[C@@H]2N)CC1. The van der Waals surface area contributed by atoms with Crippen molar-refractivity contribution in [1.82, 2.24) is 10.2 Å². The molecule has 0 saturated carbocycles. The van der Waals surface area contributed by atoms with E-state index >= 15 is 0 Å². The number of hydrogen-bond donors (Lipinski definition) is 2. The van der Waals surface area contributed by atoms with Gasteiger partial charge in [-0.3, -0.25) is 4.79 Å². The Bertz CT molecular complexity index is 494. The van der Waals surface area contributed by atoms with Gasteiger partial charge < -0.3 is 16.0 Å². The molecule has 1 aromatic carbocycles. The lowest BCUT2D eigenvalue weighted by atomic mass is 9.95. The number of nitrogens with two attached hydrogens (primary N) is 1. The normalized spacial score (nSPS) is 27.3. The Kier molecular flexibility index (Phi) is 3.76. The van der Waals surface area contributed by atoms with E-state index in [2.05, 4.69) is 29.4 Å². The van der Waals surface area contributed by atoms with Crippen molar-refractivity contribution >= 4 is 5.91 Å². The van der Waals surface area contributed by atoms with E-state index in [0.717, 1.165) is 32.4 Å². The number of amides is 1. The van der Waals surface area contributed by atoms with Crippen LogP contribution < -0.4 is 11.1 Å². The van der Waals surface area contributed by atoms with Crippen molar-refractivity contribution in [2.45, 2.75) is 31.3 Å². The summed E-state index contributed by atoms with van der Waals surface area (Å²) >= 11 is 0. The molecule has 0 spiro atoms. The predicted octanol–water partition coefficient (Wildman–Crippen LogP) is 1.07. The molecule has 4 heteroatoms. The second-order valence-corrected chi connectivity index (χ2v) is 6.12. The largest absolute Gasteiger partial charge is 0.351 e. The number of nitrogens with one attached hydrogen (secondary N) is 1. The molecule has 0 radical (unpaired) electrons. The third-order valence-corrected chi connectivity index (χ3v) is 4.70. The first-order valence-electron chi connectivity index (χ1n) is 7.47. The first-order chi connectivity index (χ1) is 9.65. The lowest BCUT2D eigenvalue weighted by Crippen LogP contribution is -2.46. The van der Waals surface area contributed by atoms with Crippen LogP contribution in [0.15, 0.2) is 24.3 Å². The van der Waals surface area contributed by atoms with Crippen LogP contribution in [0.2, 0.25) is 0 Å². The lowest BCUT2D eigenvalue weighted by Gasteiger charge is -2.29. The molecule has 0 bridgehead atoms. The molecule has 1 aliphatic heterocycles. The number of hydrogen-bond acceptors (Lipinski definition) is 3. The Morgan fingerprint density at radius 1 is 1.30 bits per heavy atom. The van der Waals surface area contributed by atoms with Crippen molar-refractivity contribution in [1.29, 1.82) is 0 Å². The number of nitrogens with zero attached hydrogens (tertiary/aromatic N) is 1. The van der Waals surface area contributed by atoms with Crippen molar-refractivity contribution < 1.29 is 4.79 Å². The van der Waals surface area contributed by atoms with Crippen LogP contribution >= 0.6 is 0 Å². The van der Waals surface area contributed by atoms with Gasteiger partial charge in [0.2, 0.25) is 5.91 Å². The fourth-order valence-corrected chi connectivity index (χ4v) is 3.34. The average Bonchev–Trinajstić information content (AvgIpc) is 2.77. The van der Waals surface area contributed by atoms with Crippen molar-refractivity contribution in [2.24, 2.45) is 11.7 Å². The van der Waals surface area contributed by atoms with Crippen molar-refractivity contribution in [3.05, 3.63) is 35.4 Å². The standard InChI is InChI=1S/C16H23N3O/c1-19-8-6-11(7-9-19)16(20)18-14-10-12-4-2-3-5-13(12)15(14)17/h2-5,11,14-15H,6-10,17H2,1H3,(H,18,20)/t14-,15-/m0/s1. The monoisotopic (exact) mass is 273 g/mol. The van der Waals surface area contributed by atoms with E-state index in [0.29, 0.717) is 0 Å². The first kappa shape index (κ1) is 13.6. The lowest BCUT2D eigenvalue weighted by molar-refractivity contribution is -0.127. The quantitative estimate of drug-likeness (QED) is 0.847. The summed E-state index contributed by atoms with van der Waals surface area (Å²) in [5.74, 6) is 0.341. The number of fused-ring (bicyclic) bond motifs is 1. The van der Waals surface area contributed by atoms with Gasteiger partial charge in [0.1, 0.15) is 0 Å². The van der Waals surface area contributed by atoms with Gasteiger partial charge in [-0.25, -0.2) is 0 Å². The molecule has 108 valence electrons. The van der Waals surface area contributed by atoms with Gasteiger partial charge in [0.25, 0.3) is 0 Å². The molecule has 3 N–H and O–H groups in total. The summed E-state index contributed by atoms with van der Waals surface area (Å²) in [6, 6.07) is 8.21. The summed E-state index contributed by atoms with van der Waals surface area (Å²) < 4.78 is 0. The van der Waals surface area contributed by atoms with Gasteiger partial charge in [0.05, 0.1) is 12.1 Å². The molecule has 1 amide bonds. The second-order valence-electron chi connectivity index (χ2n) is 6.12. The van der Waals surface area contributed by atoms with E-state index in [1.165, 1.54) is 11.1 Å². The highest BCUT2D eigenvalue weighted by Crippen LogP contribution is 2.29. The molecule has 2 aliphatic rings. The van der Waals surface area contributed by atoms with E-state index < -0.39 is 0 Å². The highest BCUT2D eigenvalue weighted by Gasteiger charge is 2.32. The highest BCUT2D eigenvalue weighted by atomic mass is 16.2. The Labute approximate surface area is 120 Å². The Morgan fingerprint density at radius 2 is 2.00 bits per heavy atom. The summed E-state index contributed by atoms with van der Waals surface area (Å²) in [5.41, 5.74) is 8.72. The highest BCUT2D eigenvalue weighted by molar-refractivity contribution is 5.79. The molecule has 4 nitrogen and oxygen atoms in total. The zero-order chi connectivity index (χ0) is 14.1. The molecular formula is C16H23N3O. The number of rotatable bonds is 2. The van der Waals surface area contributed by atoms with Crippen LogP contribution in [0.5, 0.6) is 0 Å². The van der Waals surface area contributed by atoms with E-state index in [1.54, 1.807) is 0 Å². The number of piperidine rings is 1. The maximum atomic E-state index is 12.4. The number of carbonyl (C=O) groups excluding carboxylic acids is 1. The number of benzene rings is 1. The van der Waals surface area contributed by atoms with E-state index in [1.807, 2.05) is 12.1 Å². The molecule has 1 saturated heterocycles. The van der Waals surface area contributed by atoms with Crippen LogP contribution in [0.25, 0.3) is 0 Å². The van der Waals surface area contributed by atoms with Gasteiger partial charge in [-0.15, -0.1) is 0 Å². The molecule has 1 heterocycles. The summed E-state index contributed by atoms with van der Waals surface area (Å²) in [4.78, 5) is 14.7. The van der Waals surface area contributed by atoms with Gasteiger partial charge >= 0.3 is 0 Å². The Morgan fingerprint density at radius 3 is 2.70 bits per heavy atom. The van der Waals surface area contributed by atoms with Crippen LogP contribution in [0.1, 0.15) is 30.0 Å². The molecule has 2 atom stereocenters. The first-order valence-corrected chi connectivity index (χ1v) is 7.47. The third kappa shape index (κ3) is 2.58. The maximum absolute atomic E-state index is 12.4. The molecule has 1 aromatic rings. The van der Waals surface area contributed by atoms with Crippen molar-refractivity contribution in [3.63, 3.8) is 0 Å². The molecular weight excluding hydrogens is 250 g/mol. The fraction of sp³-hybridized carbons (Fsp3) is 0.562. The molecule has 1 aliphatic carbocycles. The van der Waals surface area contributed by atoms with Crippen LogP contribution in [0.3, 0.4) is 0 Å². The zero-order valence-electron chi connectivity index (χ0n) is 12.0. The zero-order valence-corrected chi connectivity index (χ0v) is 12.0. The van der Waals surface area contributed by atoms with Gasteiger partial charge in [-0.05, 0) is 50.5 Å². The molecule has 1 fully saturated rings. The fourth-order valence-electron chi connectivity index (χ4n) is 3.34. The number of carbonyl (C=O) groups is 1. The summed E-state index contributed by atoms with van der Waals surface area (Å²) in [7, 11) is 2.11. The minimum Gasteiger partial charge on any atom is -0.351 e. The molecule has 0 unspecified atom stereocenters.